The Hall–Kier alpha value is -3.79. The SMILES string of the molecule is CC[C@H](C)c1ccc(NC(=O)COC(=O)c2c(C)oc(-n3cccc3)c2C#N)cc1. The van der Waals surface area contributed by atoms with Crippen LogP contribution in [0.1, 0.15) is 53.4 Å². The Morgan fingerprint density at radius 3 is 2.50 bits per heavy atom. The van der Waals surface area contributed by atoms with Gasteiger partial charge in [-0.2, -0.15) is 5.26 Å². The molecule has 3 aromatic rings. The van der Waals surface area contributed by atoms with Crippen molar-refractivity contribution < 1.29 is 18.7 Å². The third-order valence-corrected chi connectivity index (χ3v) is 4.93. The van der Waals surface area contributed by atoms with E-state index in [1.54, 1.807) is 36.0 Å². The number of ether oxygens (including phenoxy) is 1. The second-order valence-corrected chi connectivity index (χ2v) is 6.97. The molecule has 30 heavy (non-hydrogen) atoms. The molecule has 154 valence electrons. The van der Waals surface area contributed by atoms with Gasteiger partial charge in [-0.15, -0.1) is 0 Å². The number of aryl methyl sites for hydroxylation is 1. The first-order chi connectivity index (χ1) is 14.4. The molecule has 1 aromatic carbocycles. The van der Waals surface area contributed by atoms with Crippen LogP contribution in [0.2, 0.25) is 0 Å². The molecule has 2 aromatic heterocycles. The Labute approximate surface area is 174 Å². The van der Waals surface area contributed by atoms with Gasteiger partial charge in [0, 0.05) is 18.1 Å². The molecule has 0 spiro atoms. The van der Waals surface area contributed by atoms with Gasteiger partial charge in [0.15, 0.2) is 6.61 Å². The summed E-state index contributed by atoms with van der Waals surface area (Å²) >= 11 is 0. The smallest absolute Gasteiger partial charge is 0.343 e. The minimum absolute atomic E-state index is 0.0203. The summed E-state index contributed by atoms with van der Waals surface area (Å²) in [6, 6.07) is 13.1. The quantitative estimate of drug-likeness (QED) is 0.581. The molecule has 1 N–H and O–H groups in total. The number of nitrogens with one attached hydrogen (secondary N) is 1. The number of hydrogen-bond acceptors (Lipinski definition) is 5. The first-order valence-corrected chi connectivity index (χ1v) is 9.68. The largest absolute Gasteiger partial charge is 0.452 e. The van der Waals surface area contributed by atoms with Gasteiger partial charge in [0.2, 0.25) is 5.88 Å². The Morgan fingerprint density at radius 2 is 1.90 bits per heavy atom. The highest BCUT2D eigenvalue weighted by Crippen LogP contribution is 2.26. The van der Waals surface area contributed by atoms with Gasteiger partial charge < -0.3 is 14.5 Å². The molecule has 0 aliphatic heterocycles. The fourth-order valence-electron chi connectivity index (χ4n) is 3.06. The van der Waals surface area contributed by atoms with Gasteiger partial charge in [0.1, 0.15) is 23.0 Å². The van der Waals surface area contributed by atoms with E-state index in [9.17, 15) is 14.9 Å². The second kappa shape index (κ2) is 9.14. The van der Waals surface area contributed by atoms with Crippen LogP contribution in [0, 0.1) is 18.3 Å². The molecule has 0 bridgehead atoms. The third-order valence-electron chi connectivity index (χ3n) is 4.93. The summed E-state index contributed by atoms with van der Waals surface area (Å²) in [6.07, 6.45) is 4.44. The second-order valence-electron chi connectivity index (χ2n) is 6.97. The normalized spacial score (nSPS) is 11.5. The molecule has 0 saturated heterocycles. The van der Waals surface area contributed by atoms with Crippen LogP contribution >= 0.6 is 0 Å². The average Bonchev–Trinajstić information content (AvgIpc) is 3.39. The molecular weight excluding hydrogens is 382 g/mol. The van der Waals surface area contributed by atoms with Crippen LogP contribution in [0.5, 0.6) is 0 Å². The summed E-state index contributed by atoms with van der Waals surface area (Å²) in [5.74, 6) is -0.322. The van der Waals surface area contributed by atoms with E-state index in [2.05, 4.69) is 19.2 Å². The molecule has 0 aliphatic carbocycles. The van der Waals surface area contributed by atoms with Crippen molar-refractivity contribution in [1.29, 1.82) is 5.26 Å². The molecule has 2 heterocycles. The highest BCUT2D eigenvalue weighted by atomic mass is 16.5. The number of nitriles is 1. The zero-order valence-electron chi connectivity index (χ0n) is 17.1. The lowest BCUT2D eigenvalue weighted by Crippen LogP contribution is -2.21. The first-order valence-electron chi connectivity index (χ1n) is 9.68. The first kappa shape index (κ1) is 20.9. The Balaban J connectivity index is 1.64. The lowest BCUT2D eigenvalue weighted by molar-refractivity contribution is -0.119. The molecule has 0 saturated carbocycles. The molecule has 3 rings (SSSR count). The molecule has 0 radical (unpaired) electrons. The summed E-state index contributed by atoms with van der Waals surface area (Å²) in [7, 11) is 0. The monoisotopic (exact) mass is 405 g/mol. The minimum Gasteiger partial charge on any atom is -0.452 e. The number of hydrogen-bond donors (Lipinski definition) is 1. The lowest BCUT2D eigenvalue weighted by atomic mass is 9.99. The van der Waals surface area contributed by atoms with Crippen LogP contribution in [-0.2, 0) is 9.53 Å². The van der Waals surface area contributed by atoms with E-state index < -0.39 is 18.5 Å². The maximum absolute atomic E-state index is 12.5. The van der Waals surface area contributed by atoms with Gasteiger partial charge in [0.25, 0.3) is 5.91 Å². The summed E-state index contributed by atoms with van der Waals surface area (Å²) in [6.45, 7) is 5.36. The number of nitrogens with zero attached hydrogens (tertiary/aromatic N) is 2. The van der Waals surface area contributed by atoms with Crippen molar-refractivity contribution in [1.82, 2.24) is 4.57 Å². The molecule has 7 heteroatoms. The predicted octanol–water partition coefficient (Wildman–Crippen LogP) is 4.56. The zero-order chi connectivity index (χ0) is 21.7. The number of esters is 1. The van der Waals surface area contributed by atoms with Crippen LogP contribution in [-0.4, -0.2) is 23.1 Å². The van der Waals surface area contributed by atoms with E-state index >= 15 is 0 Å². The predicted molar refractivity (Wildman–Crippen MR) is 112 cm³/mol. The van der Waals surface area contributed by atoms with Crippen LogP contribution in [0.3, 0.4) is 0 Å². The van der Waals surface area contributed by atoms with E-state index in [0.29, 0.717) is 11.6 Å². The molecule has 7 nitrogen and oxygen atoms in total. The van der Waals surface area contributed by atoms with Crippen LogP contribution in [0.25, 0.3) is 5.88 Å². The van der Waals surface area contributed by atoms with Crippen molar-refractivity contribution in [2.45, 2.75) is 33.1 Å². The number of furan rings is 1. The fourth-order valence-corrected chi connectivity index (χ4v) is 3.06. The summed E-state index contributed by atoms with van der Waals surface area (Å²) < 4.78 is 12.3. The van der Waals surface area contributed by atoms with E-state index in [4.69, 9.17) is 9.15 Å². The van der Waals surface area contributed by atoms with Gasteiger partial charge in [-0.3, -0.25) is 9.36 Å². The number of amides is 1. The van der Waals surface area contributed by atoms with E-state index in [1.165, 1.54) is 5.56 Å². The van der Waals surface area contributed by atoms with E-state index in [1.807, 2.05) is 30.3 Å². The van der Waals surface area contributed by atoms with Crippen molar-refractivity contribution in [3.05, 3.63) is 71.2 Å². The maximum Gasteiger partial charge on any atom is 0.343 e. The number of rotatable bonds is 7. The van der Waals surface area contributed by atoms with Crippen molar-refractivity contribution in [3.63, 3.8) is 0 Å². The number of anilines is 1. The molecular formula is C23H23N3O4. The number of carbonyl (C=O) groups is 2. The molecule has 0 aliphatic rings. The van der Waals surface area contributed by atoms with Gasteiger partial charge >= 0.3 is 5.97 Å². The highest BCUT2D eigenvalue weighted by molar-refractivity contribution is 5.97. The van der Waals surface area contributed by atoms with Crippen LogP contribution < -0.4 is 5.32 Å². The number of benzene rings is 1. The van der Waals surface area contributed by atoms with Gasteiger partial charge in [-0.05, 0) is 49.1 Å². The van der Waals surface area contributed by atoms with E-state index in [0.717, 1.165) is 6.42 Å². The molecule has 0 fully saturated rings. The summed E-state index contributed by atoms with van der Waals surface area (Å²) in [5, 5.41) is 12.2. The Bertz CT molecular complexity index is 1070. The summed E-state index contributed by atoms with van der Waals surface area (Å²) in [5.41, 5.74) is 1.90. The van der Waals surface area contributed by atoms with E-state index in [-0.39, 0.29) is 22.8 Å². The highest BCUT2D eigenvalue weighted by Gasteiger charge is 2.26. The van der Waals surface area contributed by atoms with Crippen molar-refractivity contribution in [3.8, 4) is 12.0 Å². The van der Waals surface area contributed by atoms with Crippen molar-refractivity contribution >= 4 is 17.6 Å². The minimum atomic E-state index is -0.784. The standard InChI is InChI=1S/C23H23N3O4/c1-4-15(2)17-7-9-18(10-8-17)25-20(27)14-29-23(28)21-16(3)30-22(19(21)13-24)26-11-5-6-12-26/h5-12,15H,4,14H2,1-3H3,(H,25,27)/t15-/m0/s1. The zero-order valence-corrected chi connectivity index (χ0v) is 17.1. The Morgan fingerprint density at radius 1 is 1.23 bits per heavy atom. The average molecular weight is 405 g/mol. The summed E-state index contributed by atoms with van der Waals surface area (Å²) in [4.78, 5) is 24.7. The van der Waals surface area contributed by atoms with Crippen LogP contribution in [0.4, 0.5) is 5.69 Å². The van der Waals surface area contributed by atoms with Gasteiger partial charge in [-0.1, -0.05) is 26.0 Å². The van der Waals surface area contributed by atoms with Gasteiger partial charge in [-0.25, -0.2) is 4.79 Å². The molecule has 1 amide bonds. The van der Waals surface area contributed by atoms with Crippen molar-refractivity contribution in [2.75, 3.05) is 11.9 Å². The molecule has 0 unspecified atom stereocenters. The number of carbonyl (C=O) groups excluding carboxylic acids is 2. The number of aromatic nitrogens is 1. The van der Waals surface area contributed by atoms with Crippen molar-refractivity contribution in [2.24, 2.45) is 0 Å². The Kier molecular flexibility index (Phi) is 6.38. The van der Waals surface area contributed by atoms with Crippen LogP contribution in [0.15, 0.2) is 53.2 Å². The lowest BCUT2D eigenvalue weighted by Gasteiger charge is -2.10. The fraction of sp³-hybridized carbons (Fsp3) is 0.261. The van der Waals surface area contributed by atoms with Gasteiger partial charge in [0.05, 0.1) is 0 Å². The molecule has 1 atom stereocenters. The third kappa shape index (κ3) is 4.44. The topological polar surface area (TPSA) is 97.3 Å². The maximum atomic E-state index is 12.5.